The lowest BCUT2D eigenvalue weighted by molar-refractivity contribution is -0.139. The van der Waals surface area contributed by atoms with Crippen molar-refractivity contribution in [3.63, 3.8) is 0 Å². The van der Waals surface area contributed by atoms with Crippen molar-refractivity contribution in [1.82, 2.24) is 5.32 Å². The fraction of sp³-hybridized carbons (Fsp3) is 0.455. The molecular formula is C11H9F6NO4. The van der Waals surface area contributed by atoms with Gasteiger partial charge in [-0.3, -0.25) is 0 Å². The zero-order chi connectivity index (χ0) is 17.5. The highest BCUT2D eigenvalue weighted by Gasteiger charge is 2.51. The highest BCUT2D eigenvalue weighted by molar-refractivity contribution is 5.96. The number of carboxylic acids is 2. The molecule has 0 atom stereocenters. The van der Waals surface area contributed by atoms with Crippen LogP contribution in [0.1, 0.15) is 13.3 Å². The maximum Gasteiger partial charge on any atom is 0.431 e. The summed E-state index contributed by atoms with van der Waals surface area (Å²) in [6.45, 7) is 1.09. The van der Waals surface area contributed by atoms with Crippen molar-refractivity contribution in [3.05, 3.63) is 22.5 Å². The molecule has 1 aliphatic rings. The molecule has 0 unspecified atom stereocenters. The van der Waals surface area contributed by atoms with Gasteiger partial charge in [0.05, 0.1) is 11.1 Å². The monoisotopic (exact) mass is 333 g/mol. The first kappa shape index (κ1) is 17.9. The summed E-state index contributed by atoms with van der Waals surface area (Å²) in [6.07, 6.45) is -11.4. The standard InChI is InChI=1S/C11H9F6NO4/c1-2-3-4(8(19)20)6(10(12,13)14)18-7(11(15,16)17)5(3)9(21)22/h3,18H,2H2,1H3,(H,19,20)(H,21,22). The third-order valence-electron chi connectivity index (χ3n) is 2.92. The summed E-state index contributed by atoms with van der Waals surface area (Å²) in [6, 6.07) is 0. The minimum Gasteiger partial charge on any atom is -0.478 e. The van der Waals surface area contributed by atoms with Crippen LogP contribution in [0.15, 0.2) is 22.5 Å². The number of rotatable bonds is 3. The molecule has 5 nitrogen and oxygen atoms in total. The number of carbonyl (C=O) groups is 2. The van der Waals surface area contributed by atoms with Crippen LogP contribution < -0.4 is 5.32 Å². The summed E-state index contributed by atoms with van der Waals surface area (Å²) in [5.41, 5.74) is -7.16. The molecule has 1 aliphatic heterocycles. The van der Waals surface area contributed by atoms with Gasteiger partial charge in [-0.2, -0.15) is 26.3 Å². The molecule has 124 valence electrons. The summed E-state index contributed by atoms with van der Waals surface area (Å²) < 4.78 is 77.0. The molecule has 0 saturated carbocycles. The van der Waals surface area contributed by atoms with Gasteiger partial charge < -0.3 is 15.5 Å². The van der Waals surface area contributed by atoms with Crippen LogP contribution in [0.25, 0.3) is 0 Å². The molecule has 0 fully saturated rings. The van der Waals surface area contributed by atoms with Crippen molar-refractivity contribution < 1.29 is 46.1 Å². The minimum atomic E-state index is -5.42. The fourth-order valence-electron chi connectivity index (χ4n) is 2.12. The van der Waals surface area contributed by atoms with E-state index in [0.717, 1.165) is 12.2 Å². The Bertz CT molecular complexity index is 524. The second-order valence-corrected chi connectivity index (χ2v) is 4.27. The van der Waals surface area contributed by atoms with Crippen LogP contribution in [-0.4, -0.2) is 34.5 Å². The van der Waals surface area contributed by atoms with Crippen molar-refractivity contribution in [1.29, 1.82) is 0 Å². The molecule has 22 heavy (non-hydrogen) atoms. The summed E-state index contributed by atoms with van der Waals surface area (Å²) in [5, 5.41) is 18.6. The predicted molar refractivity (Wildman–Crippen MR) is 58.4 cm³/mol. The zero-order valence-corrected chi connectivity index (χ0v) is 10.8. The first-order chi connectivity index (χ1) is 9.82. The number of dihydropyridines is 1. The van der Waals surface area contributed by atoms with Crippen molar-refractivity contribution in [2.75, 3.05) is 0 Å². The van der Waals surface area contributed by atoms with Gasteiger partial charge in [0.1, 0.15) is 11.4 Å². The van der Waals surface area contributed by atoms with Crippen LogP contribution in [0.5, 0.6) is 0 Å². The van der Waals surface area contributed by atoms with E-state index in [4.69, 9.17) is 10.2 Å². The average Bonchev–Trinajstić information content (AvgIpc) is 2.33. The topological polar surface area (TPSA) is 86.6 Å². The molecule has 1 heterocycles. The van der Waals surface area contributed by atoms with Gasteiger partial charge in [-0.15, -0.1) is 0 Å². The molecule has 0 aromatic heterocycles. The Kier molecular flexibility index (Phi) is 4.49. The SMILES string of the molecule is CCC1C(C(=O)O)=C(C(F)(F)F)NC(C(F)(F)F)=C1C(=O)O. The number of carboxylic acid groups (broad SMARTS) is 2. The number of aliphatic carboxylic acids is 2. The normalized spacial score (nSPS) is 17.6. The predicted octanol–water partition coefficient (Wildman–Crippen LogP) is 2.42. The van der Waals surface area contributed by atoms with Crippen molar-refractivity contribution in [3.8, 4) is 0 Å². The summed E-state index contributed by atoms with van der Waals surface area (Å²) >= 11 is 0. The Hall–Kier alpha value is -2.20. The minimum absolute atomic E-state index is 0.565. The fourth-order valence-corrected chi connectivity index (χ4v) is 2.12. The van der Waals surface area contributed by atoms with Gasteiger partial charge in [0, 0.05) is 5.92 Å². The van der Waals surface area contributed by atoms with E-state index in [0.29, 0.717) is 0 Å². The Morgan fingerprint density at radius 2 is 1.27 bits per heavy atom. The van der Waals surface area contributed by atoms with Gasteiger partial charge in [-0.1, -0.05) is 6.92 Å². The Labute approximate surface area is 118 Å². The van der Waals surface area contributed by atoms with Crippen LogP contribution in [-0.2, 0) is 9.59 Å². The maximum atomic E-state index is 12.8. The maximum absolute atomic E-state index is 12.8. The molecular weight excluding hydrogens is 324 g/mol. The van der Waals surface area contributed by atoms with Crippen LogP contribution in [0.2, 0.25) is 0 Å². The van der Waals surface area contributed by atoms with Crippen molar-refractivity contribution in [2.24, 2.45) is 5.92 Å². The van der Waals surface area contributed by atoms with Crippen LogP contribution in [0.4, 0.5) is 26.3 Å². The lowest BCUT2D eigenvalue weighted by Crippen LogP contribution is -2.43. The molecule has 0 bridgehead atoms. The first-order valence-corrected chi connectivity index (χ1v) is 5.68. The van der Waals surface area contributed by atoms with Crippen LogP contribution in [0.3, 0.4) is 0 Å². The van der Waals surface area contributed by atoms with Crippen molar-refractivity contribution >= 4 is 11.9 Å². The molecule has 0 saturated heterocycles. The van der Waals surface area contributed by atoms with E-state index >= 15 is 0 Å². The number of nitrogens with one attached hydrogen (secondary N) is 1. The van der Waals surface area contributed by atoms with Gasteiger partial charge in [0.2, 0.25) is 0 Å². The second-order valence-electron chi connectivity index (χ2n) is 4.27. The van der Waals surface area contributed by atoms with Crippen LogP contribution in [0, 0.1) is 5.92 Å². The van der Waals surface area contributed by atoms with Gasteiger partial charge >= 0.3 is 24.3 Å². The molecule has 0 aliphatic carbocycles. The van der Waals surface area contributed by atoms with E-state index in [9.17, 15) is 35.9 Å². The Morgan fingerprint density at radius 1 is 0.955 bits per heavy atom. The molecule has 11 heteroatoms. The molecule has 1 rings (SSSR count). The summed E-state index contributed by atoms with van der Waals surface area (Å²) in [7, 11) is 0. The zero-order valence-electron chi connectivity index (χ0n) is 10.8. The smallest absolute Gasteiger partial charge is 0.431 e. The largest absolute Gasteiger partial charge is 0.478 e. The molecule has 0 aromatic carbocycles. The quantitative estimate of drug-likeness (QED) is 0.691. The van der Waals surface area contributed by atoms with E-state index in [1.165, 1.54) is 0 Å². The number of hydrogen-bond acceptors (Lipinski definition) is 3. The van der Waals surface area contributed by atoms with Gasteiger partial charge in [-0.25, -0.2) is 9.59 Å². The van der Waals surface area contributed by atoms with Crippen molar-refractivity contribution in [2.45, 2.75) is 25.7 Å². The van der Waals surface area contributed by atoms with E-state index in [-0.39, 0.29) is 0 Å². The highest BCUT2D eigenvalue weighted by atomic mass is 19.4. The van der Waals surface area contributed by atoms with Gasteiger partial charge in [0.15, 0.2) is 0 Å². The molecule has 0 aromatic rings. The number of halogens is 6. The second kappa shape index (κ2) is 5.54. The highest BCUT2D eigenvalue weighted by Crippen LogP contribution is 2.42. The van der Waals surface area contributed by atoms with E-state index in [2.05, 4.69) is 0 Å². The van der Waals surface area contributed by atoms with Gasteiger partial charge in [0.25, 0.3) is 0 Å². The first-order valence-electron chi connectivity index (χ1n) is 5.68. The lowest BCUT2D eigenvalue weighted by atomic mass is 9.83. The number of hydrogen-bond donors (Lipinski definition) is 3. The number of alkyl halides is 6. The Balaban J connectivity index is 3.72. The summed E-state index contributed by atoms with van der Waals surface area (Å²) in [5.74, 6) is -6.34. The number of allylic oxidation sites excluding steroid dienone is 2. The Morgan fingerprint density at radius 3 is 1.45 bits per heavy atom. The lowest BCUT2D eigenvalue weighted by Gasteiger charge is -2.31. The molecule has 0 amide bonds. The third-order valence-corrected chi connectivity index (χ3v) is 2.92. The molecule has 0 radical (unpaired) electrons. The van der Waals surface area contributed by atoms with Crippen LogP contribution >= 0.6 is 0 Å². The van der Waals surface area contributed by atoms with E-state index < -0.39 is 59.2 Å². The van der Waals surface area contributed by atoms with E-state index in [1.54, 1.807) is 0 Å². The molecule has 3 N–H and O–H groups in total. The third kappa shape index (κ3) is 3.17. The summed E-state index contributed by atoms with van der Waals surface area (Å²) in [4.78, 5) is 22.0. The molecule has 0 spiro atoms. The van der Waals surface area contributed by atoms with E-state index in [1.807, 2.05) is 0 Å². The van der Waals surface area contributed by atoms with Gasteiger partial charge in [-0.05, 0) is 6.42 Å². The average molecular weight is 333 g/mol.